The van der Waals surface area contributed by atoms with E-state index in [4.69, 9.17) is 9.47 Å². The smallest absolute Gasteiger partial charge is 0.338 e. The second kappa shape index (κ2) is 20.1. The Labute approximate surface area is 289 Å². The van der Waals surface area contributed by atoms with Crippen LogP contribution < -0.4 is 0 Å². The lowest BCUT2D eigenvalue weighted by Crippen LogP contribution is -2.29. The molecule has 0 bridgehead atoms. The molecule has 0 radical (unpaired) electrons. The summed E-state index contributed by atoms with van der Waals surface area (Å²) in [6.07, 6.45) is 6.41. The molecule has 0 amide bonds. The third-order valence-electron chi connectivity index (χ3n) is 8.74. The summed E-state index contributed by atoms with van der Waals surface area (Å²) in [7, 11) is 0. The maximum Gasteiger partial charge on any atom is 0.338 e. The Hall–Kier alpha value is -2.48. The summed E-state index contributed by atoms with van der Waals surface area (Å²) in [5.74, 6) is 2.17. The van der Waals surface area contributed by atoms with Gasteiger partial charge in [0.15, 0.2) is 0 Å². The van der Waals surface area contributed by atoms with Crippen molar-refractivity contribution in [3.63, 3.8) is 0 Å². The monoisotopic (exact) mass is 666 g/mol. The third kappa shape index (κ3) is 13.9. The van der Waals surface area contributed by atoms with Gasteiger partial charge in [0.2, 0.25) is 0 Å². The number of benzene rings is 2. The first-order valence-corrected chi connectivity index (χ1v) is 19.0. The number of hydrogen-bond acceptors (Lipinski definition) is 7. The minimum Gasteiger partial charge on any atom is -0.462 e. The van der Waals surface area contributed by atoms with E-state index in [0.29, 0.717) is 48.0 Å². The summed E-state index contributed by atoms with van der Waals surface area (Å²) in [6.45, 7) is 25.2. The standard InChI is InChI=1S/C40H62N2O4S/c1-29(2)15-21-41(22-16-30(3)4)19-9-25-45-39(43)33-12-14-37-36(27-33)35-13-11-34(28-38(35)47-37)40(44)46-26-10-20-42(23-17-31(5)6)24-18-32(7)8/h11-14,27-32H,9-10,15-26H2,1-8H3. The van der Waals surface area contributed by atoms with Crippen molar-refractivity contribution in [2.75, 3.05) is 52.5 Å². The number of ether oxygens (including phenoxy) is 2. The Bertz CT molecular complexity index is 1360. The number of hydrogen-bond donors (Lipinski definition) is 0. The molecule has 0 atom stereocenters. The maximum atomic E-state index is 13.0. The number of esters is 2. The molecular formula is C40H62N2O4S. The molecule has 1 aromatic heterocycles. The van der Waals surface area contributed by atoms with Gasteiger partial charge in [-0.2, -0.15) is 0 Å². The van der Waals surface area contributed by atoms with Crippen molar-refractivity contribution in [1.29, 1.82) is 0 Å². The number of rotatable bonds is 22. The van der Waals surface area contributed by atoms with Gasteiger partial charge in [0.05, 0.1) is 24.3 Å². The van der Waals surface area contributed by atoms with Gasteiger partial charge in [0.25, 0.3) is 0 Å². The summed E-state index contributed by atoms with van der Waals surface area (Å²) >= 11 is 1.63. The molecule has 0 saturated heterocycles. The fraction of sp³-hybridized carbons (Fsp3) is 0.650. The number of fused-ring (bicyclic) bond motifs is 3. The minimum atomic E-state index is -0.283. The Kier molecular flexibility index (Phi) is 16.7. The number of carbonyl (C=O) groups excluding carboxylic acids is 2. The van der Waals surface area contributed by atoms with Crippen LogP contribution in [-0.2, 0) is 9.47 Å². The quantitative estimate of drug-likeness (QED) is 0.0786. The fourth-order valence-corrected chi connectivity index (χ4v) is 6.66. The average molecular weight is 667 g/mol. The van der Waals surface area contributed by atoms with E-state index in [1.54, 1.807) is 11.3 Å². The molecule has 262 valence electrons. The van der Waals surface area contributed by atoms with Crippen LogP contribution in [0.5, 0.6) is 0 Å². The van der Waals surface area contributed by atoms with Gasteiger partial charge in [0, 0.05) is 33.3 Å². The molecule has 0 unspecified atom stereocenters. The average Bonchev–Trinajstić information content (AvgIpc) is 3.39. The van der Waals surface area contributed by atoms with Crippen LogP contribution in [0.15, 0.2) is 36.4 Å². The van der Waals surface area contributed by atoms with Crippen molar-refractivity contribution in [1.82, 2.24) is 9.80 Å². The predicted octanol–water partition coefficient (Wildman–Crippen LogP) is 9.94. The normalized spacial score (nSPS) is 12.2. The zero-order valence-electron chi connectivity index (χ0n) is 30.6. The van der Waals surface area contributed by atoms with E-state index in [1.165, 1.54) is 25.7 Å². The summed E-state index contributed by atoms with van der Waals surface area (Å²) in [6, 6.07) is 11.5. The van der Waals surface area contributed by atoms with Crippen LogP contribution in [0.4, 0.5) is 0 Å². The largest absolute Gasteiger partial charge is 0.462 e. The molecular weight excluding hydrogens is 605 g/mol. The van der Waals surface area contributed by atoms with Gasteiger partial charge in [-0.1, -0.05) is 61.5 Å². The molecule has 0 spiro atoms. The molecule has 0 aliphatic heterocycles. The molecule has 3 aromatic rings. The Morgan fingerprint density at radius 1 is 0.553 bits per heavy atom. The third-order valence-corrected chi connectivity index (χ3v) is 9.87. The molecule has 7 heteroatoms. The van der Waals surface area contributed by atoms with Crippen molar-refractivity contribution in [2.45, 2.75) is 93.9 Å². The van der Waals surface area contributed by atoms with E-state index >= 15 is 0 Å². The minimum absolute atomic E-state index is 0.281. The van der Waals surface area contributed by atoms with Gasteiger partial charge in [0.1, 0.15) is 0 Å². The molecule has 2 aromatic carbocycles. The predicted molar refractivity (Wildman–Crippen MR) is 200 cm³/mol. The first-order valence-electron chi connectivity index (χ1n) is 18.2. The lowest BCUT2D eigenvalue weighted by atomic mass is 10.1. The first-order chi connectivity index (χ1) is 22.4. The first kappa shape index (κ1) is 39.0. The summed E-state index contributed by atoms with van der Waals surface area (Å²) in [5.41, 5.74) is 1.13. The van der Waals surface area contributed by atoms with Crippen molar-refractivity contribution in [2.24, 2.45) is 23.7 Å². The van der Waals surface area contributed by atoms with Gasteiger partial charge in [-0.05, 0) is 119 Å². The van der Waals surface area contributed by atoms with Gasteiger partial charge in [-0.3, -0.25) is 0 Å². The molecule has 6 nitrogen and oxygen atoms in total. The highest BCUT2D eigenvalue weighted by molar-refractivity contribution is 7.25. The number of carbonyl (C=O) groups is 2. The van der Waals surface area contributed by atoms with Crippen LogP contribution in [-0.4, -0.2) is 74.2 Å². The van der Waals surface area contributed by atoms with Crippen molar-refractivity contribution < 1.29 is 19.1 Å². The van der Waals surface area contributed by atoms with Crippen LogP contribution in [0.2, 0.25) is 0 Å². The highest BCUT2D eigenvalue weighted by Gasteiger charge is 2.15. The number of thiophene rings is 1. The van der Waals surface area contributed by atoms with Crippen LogP contribution >= 0.6 is 11.3 Å². The molecule has 0 saturated carbocycles. The van der Waals surface area contributed by atoms with Gasteiger partial charge in [-0.25, -0.2) is 9.59 Å². The Morgan fingerprint density at radius 3 is 1.43 bits per heavy atom. The molecule has 3 rings (SSSR count). The zero-order valence-corrected chi connectivity index (χ0v) is 31.4. The van der Waals surface area contributed by atoms with Gasteiger partial charge < -0.3 is 19.3 Å². The molecule has 47 heavy (non-hydrogen) atoms. The van der Waals surface area contributed by atoms with Crippen molar-refractivity contribution >= 4 is 43.4 Å². The zero-order chi connectivity index (χ0) is 34.3. The van der Waals surface area contributed by atoms with Crippen LogP contribution in [0, 0.1) is 23.7 Å². The van der Waals surface area contributed by atoms with E-state index in [-0.39, 0.29) is 11.9 Å². The van der Waals surface area contributed by atoms with Gasteiger partial charge in [-0.15, -0.1) is 11.3 Å². The lowest BCUT2D eigenvalue weighted by Gasteiger charge is -2.24. The van der Waals surface area contributed by atoms with E-state index < -0.39 is 0 Å². The van der Waals surface area contributed by atoms with E-state index in [9.17, 15) is 9.59 Å². The second-order valence-corrected chi connectivity index (χ2v) is 16.0. The summed E-state index contributed by atoms with van der Waals surface area (Å²) in [4.78, 5) is 30.9. The van der Waals surface area contributed by atoms with Crippen LogP contribution in [0.1, 0.15) is 115 Å². The SMILES string of the molecule is CC(C)CCN(CCCOC(=O)c1ccc2c(c1)sc1ccc(C(=O)OCCCN(CCC(C)C)CCC(C)C)cc12)CCC(C)C. The Morgan fingerprint density at radius 2 is 0.979 bits per heavy atom. The van der Waals surface area contributed by atoms with E-state index in [1.807, 2.05) is 36.4 Å². The number of nitrogens with zero attached hydrogens (tertiary/aromatic N) is 2. The van der Waals surface area contributed by atoms with Crippen LogP contribution in [0.25, 0.3) is 20.2 Å². The van der Waals surface area contributed by atoms with Gasteiger partial charge >= 0.3 is 11.9 Å². The molecule has 1 heterocycles. The second-order valence-electron chi connectivity index (χ2n) is 14.9. The highest BCUT2D eigenvalue weighted by atomic mass is 32.1. The van der Waals surface area contributed by atoms with Crippen molar-refractivity contribution in [3.8, 4) is 0 Å². The van der Waals surface area contributed by atoms with E-state index in [2.05, 4.69) is 65.2 Å². The van der Waals surface area contributed by atoms with E-state index in [0.717, 1.165) is 72.3 Å². The Balaban J connectivity index is 1.53. The fourth-order valence-electron chi connectivity index (χ4n) is 5.54. The lowest BCUT2D eigenvalue weighted by molar-refractivity contribution is 0.0478. The molecule has 0 aliphatic carbocycles. The molecule has 0 aliphatic rings. The van der Waals surface area contributed by atoms with Crippen molar-refractivity contribution in [3.05, 3.63) is 47.5 Å². The molecule has 0 fully saturated rings. The van der Waals surface area contributed by atoms with Crippen LogP contribution in [0.3, 0.4) is 0 Å². The maximum absolute atomic E-state index is 13.0. The molecule has 0 N–H and O–H groups in total. The topological polar surface area (TPSA) is 59.1 Å². The summed E-state index contributed by atoms with van der Waals surface area (Å²) < 4.78 is 13.5. The summed E-state index contributed by atoms with van der Waals surface area (Å²) in [5, 5.41) is 2.05. The highest BCUT2D eigenvalue weighted by Crippen LogP contribution is 2.35.